The molecule has 0 aliphatic carbocycles. The van der Waals surface area contributed by atoms with Crippen molar-refractivity contribution in [1.82, 2.24) is 0 Å². The maximum absolute atomic E-state index is 5.17. The Morgan fingerprint density at radius 1 is 1.55 bits per heavy atom. The Kier molecular flexibility index (Phi) is 2.23. The molecule has 0 amide bonds. The molecule has 66 valence electrons. The van der Waals surface area contributed by atoms with Crippen LogP contribution in [0.3, 0.4) is 0 Å². The van der Waals surface area contributed by atoms with Gasteiger partial charge in [-0.15, -0.1) is 0 Å². The van der Waals surface area contributed by atoms with Crippen LogP contribution in [-0.2, 0) is 9.57 Å². The minimum absolute atomic E-state index is 0.111. The van der Waals surface area contributed by atoms with E-state index >= 15 is 0 Å². The average Bonchev–Trinajstić information content (AvgIpc) is 1.82. The lowest BCUT2D eigenvalue weighted by molar-refractivity contribution is -0.180. The molecule has 3 nitrogen and oxygen atoms in total. The van der Waals surface area contributed by atoms with Crippen molar-refractivity contribution >= 4 is 0 Å². The zero-order chi connectivity index (χ0) is 8.54. The first-order valence-electron chi connectivity index (χ1n) is 3.91. The molecular weight excluding hydrogens is 142 g/mol. The van der Waals surface area contributed by atoms with E-state index in [1.807, 2.05) is 0 Å². The van der Waals surface area contributed by atoms with Gasteiger partial charge < -0.3 is 9.57 Å². The fourth-order valence-corrected chi connectivity index (χ4v) is 1.18. The Balaban J connectivity index is 2.55. The average molecular weight is 159 g/mol. The molecule has 1 rings (SSSR count). The highest BCUT2D eigenvalue weighted by Crippen LogP contribution is 2.44. The molecule has 2 N–H and O–H groups in total. The van der Waals surface area contributed by atoms with Crippen LogP contribution in [0.1, 0.15) is 20.8 Å². The summed E-state index contributed by atoms with van der Waals surface area (Å²) in [5.41, 5.74) is 0.354. The quantitative estimate of drug-likeness (QED) is 0.623. The fraction of sp³-hybridized carbons (Fsp3) is 1.00. The van der Waals surface area contributed by atoms with Gasteiger partial charge in [0.25, 0.3) is 0 Å². The molecule has 0 spiro atoms. The van der Waals surface area contributed by atoms with Gasteiger partial charge in [0.15, 0.2) is 0 Å². The largest absolute Gasteiger partial charge is 0.380 e. The molecule has 0 saturated carbocycles. The summed E-state index contributed by atoms with van der Waals surface area (Å²) in [6.45, 7) is 8.75. The molecule has 1 aliphatic rings. The second kappa shape index (κ2) is 2.73. The molecule has 0 aromatic rings. The lowest BCUT2D eigenvalue weighted by atomic mass is 9.66. The Morgan fingerprint density at radius 3 is 2.36 bits per heavy atom. The predicted octanol–water partition coefficient (Wildman–Crippen LogP) is 0.939. The molecular formula is C8H17NO2. The minimum Gasteiger partial charge on any atom is -0.380 e. The van der Waals surface area contributed by atoms with Gasteiger partial charge >= 0.3 is 0 Å². The van der Waals surface area contributed by atoms with Gasteiger partial charge in [0.05, 0.1) is 19.8 Å². The van der Waals surface area contributed by atoms with Crippen LogP contribution in [0.5, 0.6) is 0 Å². The maximum Gasteiger partial charge on any atom is 0.0737 e. The maximum atomic E-state index is 5.17. The monoisotopic (exact) mass is 159 g/mol. The van der Waals surface area contributed by atoms with E-state index in [1.54, 1.807) is 0 Å². The first-order valence-corrected chi connectivity index (χ1v) is 3.91. The summed E-state index contributed by atoms with van der Waals surface area (Å²) in [4.78, 5) is 4.67. The van der Waals surface area contributed by atoms with E-state index in [1.165, 1.54) is 0 Å². The predicted molar refractivity (Wildman–Crippen MR) is 42.8 cm³/mol. The number of rotatable bonds is 3. The summed E-state index contributed by atoms with van der Waals surface area (Å²) in [7, 11) is 0. The van der Waals surface area contributed by atoms with E-state index in [-0.39, 0.29) is 10.8 Å². The third-order valence-corrected chi connectivity index (χ3v) is 2.92. The number of hydrogen-bond acceptors (Lipinski definition) is 3. The molecule has 0 aromatic heterocycles. The molecule has 0 unspecified atom stereocenters. The van der Waals surface area contributed by atoms with Gasteiger partial charge in [-0.2, -0.15) is 0 Å². The molecule has 11 heavy (non-hydrogen) atoms. The number of nitrogens with two attached hydrogens (primary N) is 1. The van der Waals surface area contributed by atoms with Gasteiger partial charge in [0, 0.05) is 5.41 Å². The molecule has 0 radical (unpaired) electrons. The molecule has 1 heterocycles. The van der Waals surface area contributed by atoms with Gasteiger partial charge in [-0.1, -0.05) is 20.8 Å². The lowest BCUT2D eigenvalue weighted by Crippen LogP contribution is -2.52. The second-order valence-electron chi connectivity index (χ2n) is 4.25. The van der Waals surface area contributed by atoms with E-state index in [0.717, 1.165) is 13.2 Å². The van der Waals surface area contributed by atoms with E-state index in [9.17, 15) is 0 Å². The first kappa shape index (κ1) is 8.97. The third kappa shape index (κ3) is 1.41. The van der Waals surface area contributed by atoms with Crippen LogP contribution in [0.25, 0.3) is 0 Å². The van der Waals surface area contributed by atoms with E-state index in [0.29, 0.717) is 6.61 Å². The zero-order valence-electron chi connectivity index (χ0n) is 7.52. The molecule has 0 atom stereocenters. The van der Waals surface area contributed by atoms with Crippen molar-refractivity contribution in [2.24, 2.45) is 16.7 Å². The van der Waals surface area contributed by atoms with Crippen molar-refractivity contribution in [3.05, 3.63) is 0 Å². The Hall–Kier alpha value is -0.120. The van der Waals surface area contributed by atoms with Gasteiger partial charge in [0.2, 0.25) is 0 Å². The summed E-state index contributed by atoms with van der Waals surface area (Å²) in [6, 6.07) is 0. The van der Waals surface area contributed by atoms with Crippen LogP contribution in [0, 0.1) is 10.8 Å². The van der Waals surface area contributed by atoms with Crippen LogP contribution in [-0.4, -0.2) is 19.8 Å². The molecule has 1 fully saturated rings. The van der Waals surface area contributed by atoms with Crippen molar-refractivity contribution < 1.29 is 9.57 Å². The van der Waals surface area contributed by atoms with E-state index in [4.69, 9.17) is 10.6 Å². The lowest BCUT2D eigenvalue weighted by Gasteiger charge is -2.49. The highest BCUT2D eigenvalue weighted by atomic mass is 16.6. The van der Waals surface area contributed by atoms with Crippen molar-refractivity contribution in [1.29, 1.82) is 0 Å². The summed E-state index contributed by atoms with van der Waals surface area (Å²) in [5.74, 6) is 5.05. The fourth-order valence-electron chi connectivity index (χ4n) is 1.18. The summed E-state index contributed by atoms with van der Waals surface area (Å²) < 4.78 is 5.17. The van der Waals surface area contributed by atoms with Crippen molar-refractivity contribution in [2.75, 3.05) is 19.8 Å². The standard InChI is InChI=1S/C8H17NO2/c1-7(2,4-11-9)8(3)5-10-6-8/h4-6,9H2,1-3H3. The molecule has 1 aliphatic heterocycles. The van der Waals surface area contributed by atoms with Crippen LogP contribution >= 0.6 is 0 Å². The van der Waals surface area contributed by atoms with Crippen molar-refractivity contribution in [3.63, 3.8) is 0 Å². The SMILES string of the molecule is CC(C)(CON)C1(C)COC1. The number of ether oxygens (including phenoxy) is 1. The summed E-state index contributed by atoms with van der Waals surface area (Å²) >= 11 is 0. The summed E-state index contributed by atoms with van der Waals surface area (Å²) in [6.07, 6.45) is 0. The third-order valence-electron chi connectivity index (χ3n) is 2.92. The van der Waals surface area contributed by atoms with Gasteiger partial charge in [0.1, 0.15) is 0 Å². The Bertz CT molecular complexity index is 141. The van der Waals surface area contributed by atoms with Crippen LogP contribution in [0.15, 0.2) is 0 Å². The highest BCUT2D eigenvalue weighted by molar-refractivity contribution is 4.93. The first-order chi connectivity index (χ1) is 5.02. The van der Waals surface area contributed by atoms with Crippen LogP contribution in [0.2, 0.25) is 0 Å². The van der Waals surface area contributed by atoms with Crippen molar-refractivity contribution in [3.8, 4) is 0 Å². The highest BCUT2D eigenvalue weighted by Gasteiger charge is 2.46. The summed E-state index contributed by atoms with van der Waals surface area (Å²) in [5, 5.41) is 0. The second-order valence-corrected chi connectivity index (χ2v) is 4.25. The van der Waals surface area contributed by atoms with Crippen LogP contribution < -0.4 is 5.90 Å². The Morgan fingerprint density at radius 2 is 2.09 bits per heavy atom. The van der Waals surface area contributed by atoms with Crippen LogP contribution in [0.4, 0.5) is 0 Å². The number of hydrogen-bond donors (Lipinski definition) is 1. The van der Waals surface area contributed by atoms with Crippen molar-refractivity contribution in [2.45, 2.75) is 20.8 Å². The van der Waals surface area contributed by atoms with E-state index < -0.39 is 0 Å². The normalized spacial score (nSPS) is 22.9. The molecule has 1 saturated heterocycles. The molecule has 0 aromatic carbocycles. The van der Waals surface area contributed by atoms with Gasteiger partial charge in [-0.05, 0) is 5.41 Å². The van der Waals surface area contributed by atoms with E-state index in [2.05, 4.69) is 25.6 Å². The molecule has 0 bridgehead atoms. The molecule has 3 heteroatoms. The smallest absolute Gasteiger partial charge is 0.0737 e. The zero-order valence-corrected chi connectivity index (χ0v) is 7.52. The Labute approximate surface area is 67.8 Å². The van der Waals surface area contributed by atoms with Gasteiger partial charge in [-0.3, -0.25) is 0 Å². The topological polar surface area (TPSA) is 44.5 Å². The minimum atomic E-state index is 0.111. The van der Waals surface area contributed by atoms with Gasteiger partial charge in [-0.25, -0.2) is 5.90 Å².